The van der Waals surface area contributed by atoms with Crippen LogP contribution in [0.2, 0.25) is 0 Å². The molecule has 0 radical (unpaired) electrons. The number of hydrazine groups is 1. The Bertz CT molecular complexity index is 559. The molecule has 1 amide bonds. The molecule has 3 N–H and O–H groups in total. The van der Waals surface area contributed by atoms with Gasteiger partial charge in [-0.1, -0.05) is 18.2 Å². The van der Waals surface area contributed by atoms with E-state index in [1.807, 2.05) is 31.2 Å². The molecule has 1 heterocycles. The molecule has 0 spiro atoms. The third-order valence-corrected chi connectivity index (χ3v) is 2.64. The molecule has 0 atom stereocenters. The lowest BCUT2D eigenvalue weighted by atomic mass is 10.2. The number of carbonyl (C=O) groups excluding carboxylic acids is 1. The van der Waals surface area contributed by atoms with Gasteiger partial charge in [-0.3, -0.25) is 10.2 Å². The van der Waals surface area contributed by atoms with Crippen LogP contribution in [-0.2, 0) is 0 Å². The Morgan fingerprint density at radius 3 is 2.71 bits per heavy atom. The maximum Gasteiger partial charge on any atom is 0.268 e. The van der Waals surface area contributed by atoms with Crippen LogP contribution in [0.15, 0.2) is 30.5 Å². The van der Waals surface area contributed by atoms with Gasteiger partial charge in [0.2, 0.25) is 0 Å². The Morgan fingerprint density at radius 1 is 1.35 bits per heavy atom. The average molecular weight is 230 g/mol. The lowest BCUT2D eigenvalue weighted by Crippen LogP contribution is -2.30. The summed E-state index contributed by atoms with van der Waals surface area (Å²) in [5.41, 5.74) is 5.28. The van der Waals surface area contributed by atoms with Crippen molar-refractivity contribution in [2.24, 2.45) is 5.84 Å². The van der Waals surface area contributed by atoms with Crippen molar-refractivity contribution < 1.29 is 4.79 Å². The van der Waals surface area contributed by atoms with Crippen LogP contribution >= 0.6 is 0 Å². The second-order valence-corrected chi connectivity index (χ2v) is 3.83. The summed E-state index contributed by atoms with van der Waals surface area (Å²) in [6.07, 6.45) is 1.68. The second-order valence-electron chi connectivity index (χ2n) is 3.83. The molecule has 1 aromatic heterocycles. The molecule has 5 nitrogen and oxygen atoms in total. The van der Waals surface area contributed by atoms with E-state index in [-0.39, 0.29) is 5.91 Å². The zero-order valence-electron chi connectivity index (χ0n) is 9.77. The van der Waals surface area contributed by atoms with Gasteiger partial charge in [-0.2, -0.15) is 5.10 Å². The summed E-state index contributed by atoms with van der Waals surface area (Å²) < 4.78 is 1.69. The van der Waals surface area contributed by atoms with Gasteiger partial charge >= 0.3 is 0 Å². The van der Waals surface area contributed by atoms with Crippen LogP contribution in [0.1, 0.15) is 21.6 Å². The fraction of sp³-hybridized carbons (Fsp3) is 0.167. The molecule has 88 valence electrons. The number of hydrogen-bond donors (Lipinski definition) is 2. The first kappa shape index (κ1) is 11.3. The first-order valence-corrected chi connectivity index (χ1v) is 5.26. The molecule has 0 bridgehead atoms. The number of nitrogens with zero attached hydrogens (tertiary/aromatic N) is 2. The summed E-state index contributed by atoms with van der Waals surface area (Å²) in [4.78, 5) is 11.5. The van der Waals surface area contributed by atoms with Crippen LogP contribution in [-0.4, -0.2) is 15.7 Å². The van der Waals surface area contributed by atoms with Crippen LogP contribution < -0.4 is 11.3 Å². The number of aromatic nitrogens is 2. The Labute approximate surface area is 99.2 Å². The molecule has 0 aliphatic rings. The van der Waals surface area contributed by atoms with Gasteiger partial charge in [-0.05, 0) is 25.5 Å². The SMILES string of the molecule is Cc1ccccc1-n1cc(C(=O)NN)c(C)n1. The molecular formula is C12H14N4O. The maximum absolute atomic E-state index is 11.5. The van der Waals surface area contributed by atoms with Crippen LogP contribution in [0.3, 0.4) is 0 Å². The molecule has 5 heteroatoms. The molecule has 17 heavy (non-hydrogen) atoms. The predicted molar refractivity (Wildman–Crippen MR) is 64.7 cm³/mol. The van der Waals surface area contributed by atoms with Gasteiger partial charge in [0.25, 0.3) is 5.91 Å². The van der Waals surface area contributed by atoms with E-state index in [0.29, 0.717) is 11.3 Å². The molecule has 0 aliphatic heterocycles. The van der Waals surface area contributed by atoms with E-state index in [2.05, 4.69) is 10.5 Å². The maximum atomic E-state index is 11.5. The van der Waals surface area contributed by atoms with E-state index in [1.54, 1.807) is 17.8 Å². The van der Waals surface area contributed by atoms with Crippen molar-refractivity contribution in [2.75, 3.05) is 0 Å². The van der Waals surface area contributed by atoms with Crippen LogP contribution in [0, 0.1) is 13.8 Å². The number of nitrogen functional groups attached to an aromatic ring is 1. The topological polar surface area (TPSA) is 72.9 Å². The van der Waals surface area contributed by atoms with E-state index < -0.39 is 0 Å². The van der Waals surface area contributed by atoms with Crippen molar-refractivity contribution in [3.63, 3.8) is 0 Å². The summed E-state index contributed by atoms with van der Waals surface area (Å²) in [5.74, 6) is 4.78. The number of aryl methyl sites for hydroxylation is 2. The van der Waals surface area contributed by atoms with Gasteiger partial charge in [0.05, 0.1) is 16.9 Å². The second kappa shape index (κ2) is 4.39. The van der Waals surface area contributed by atoms with Crippen molar-refractivity contribution in [3.8, 4) is 5.69 Å². The van der Waals surface area contributed by atoms with E-state index >= 15 is 0 Å². The molecule has 0 unspecified atom stereocenters. The summed E-state index contributed by atoms with van der Waals surface area (Å²) >= 11 is 0. The van der Waals surface area contributed by atoms with Crippen molar-refractivity contribution in [1.82, 2.24) is 15.2 Å². The number of carbonyl (C=O) groups is 1. The summed E-state index contributed by atoms with van der Waals surface area (Å²) in [5, 5.41) is 4.31. The van der Waals surface area contributed by atoms with E-state index in [9.17, 15) is 4.79 Å². The lowest BCUT2D eigenvalue weighted by molar-refractivity contribution is 0.0953. The smallest absolute Gasteiger partial charge is 0.268 e. The number of nitrogens with one attached hydrogen (secondary N) is 1. The monoisotopic (exact) mass is 230 g/mol. The fourth-order valence-electron chi connectivity index (χ4n) is 1.70. The molecule has 0 saturated heterocycles. The number of para-hydroxylation sites is 1. The highest BCUT2D eigenvalue weighted by molar-refractivity contribution is 5.94. The van der Waals surface area contributed by atoms with E-state index in [0.717, 1.165) is 11.3 Å². The van der Waals surface area contributed by atoms with Crippen LogP contribution in [0.5, 0.6) is 0 Å². The summed E-state index contributed by atoms with van der Waals surface area (Å²) in [7, 11) is 0. The third kappa shape index (κ3) is 2.05. The Hall–Kier alpha value is -2.14. The molecule has 0 saturated carbocycles. The summed E-state index contributed by atoms with van der Waals surface area (Å²) in [6, 6.07) is 7.84. The lowest BCUT2D eigenvalue weighted by Gasteiger charge is -2.04. The molecule has 1 aromatic carbocycles. The van der Waals surface area contributed by atoms with Crippen molar-refractivity contribution >= 4 is 5.91 Å². The number of nitrogens with two attached hydrogens (primary N) is 1. The standard InChI is InChI=1S/C12H14N4O/c1-8-5-3-4-6-11(8)16-7-10(9(2)15-16)12(17)14-13/h3-7H,13H2,1-2H3,(H,14,17). The highest BCUT2D eigenvalue weighted by Crippen LogP contribution is 2.15. The molecular weight excluding hydrogens is 216 g/mol. The summed E-state index contributed by atoms with van der Waals surface area (Å²) in [6.45, 7) is 3.77. The Morgan fingerprint density at radius 2 is 2.06 bits per heavy atom. The van der Waals surface area contributed by atoms with E-state index in [1.165, 1.54) is 0 Å². The highest BCUT2D eigenvalue weighted by atomic mass is 16.2. The Balaban J connectivity index is 2.49. The number of hydrogen-bond acceptors (Lipinski definition) is 3. The van der Waals surface area contributed by atoms with Gasteiger partial charge < -0.3 is 0 Å². The quantitative estimate of drug-likeness (QED) is 0.461. The van der Waals surface area contributed by atoms with Crippen molar-refractivity contribution in [2.45, 2.75) is 13.8 Å². The van der Waals surface area contributed by atoms with Crippen molar-refractivity contribution in [1.29, 1.82) is 0 Å². The first-order chi connectivity index (χ1) is 8.13. The highest BCUT2D eigenvalue weighted by Gasteiger charge is 2.13. The van der Waals surface area contributed by atoms with Gasteiger partial charge in [-0.15, -0.1) is 0 Å². The molecule has 2 rings (SSSR count). The van der Waals surface area contributed by atoms with Gasteiger partial charge in [0.15, 0.2) is 0 Å². The minimum atomic E-state index is -0.331. The molecule has 0 aliphatic carbocycles. The van der Waals surface area contributed by atoms with Gasteiger partial charge in [-0.25, -0.2) is 10.5 Å². The van der Waals surface area contributed by atoms with Gasteiger partial charge in [0.1, 0.15) is 0 Å². The van der Waals surface area contributed by atoms with Crippen LogP contribution in [0.25, 0.3) is 5.69 Å². The van der Waals surface area contributed by atoms with Gasteiger partial charge in [0, 0.05) is 6.20 Å². The third-order valence-electron chi connectivity index (χ3n) is 2.64. The van der Waals surface area contributed by atoms with E-state index in [4.69, 9.17) is 5.84 Å². The zero-order valence-corrected chi connectivity index (χ0v) is 9.77. The van der Waals surface area contributed by atoms with Crippen LogP contribution in [0.4, 0.5) is 0 Å². The largest absolute Gasteiger partial charge is 0.290 e. The Kier molecular flexibility index (Phi) is 2.93. The minimum absolute atomic E-state index is 0.331. The zero-order chi connectivity index (χ0) is 12.4. The number of rotatable bonds is 2. The molecule has 2 aromatic rings. The predicted octanol–water partition coefficient (Wildman–Crippen LogP) is 1.09. The average Bonchev–Trinajstić information content (AvgIpc) is 2.71. The first-order valence-electron chi connectivity index (χ1n) is 5.26. The molecule has 0 fully saturated rings. The normalized spacial score (nSPS) is 10.3. The minimum Gasteiger partial charge on any atom is -0.290 e. The fourth-order valence-corrected chi connectivity index (χ4v) is 1.70. The number of benzene rings is 1. The number of amides is 1. The van der Waals surface area contributed by atoms with Crippen molar-refractivity contribution in [3.05, 3.63) is 47.3 Å².